The van der Waals surface area contributed by atoms with Crippen LogP contribution in [0.5, 0.6) is 0 Å². The lowest BCUT2D eigenvalue weighted by Gasteiger charge is -2.32. The molecule has 0 unspecified atom stereocenters. The molecule has 0 aromatic rings. The predicted molar refractivity (Wildman–Crippen MR) is 79.7 cm³/mol. The van der Waals surface area contributed by atoms with Crippen LogP contribution in [0, 0.1) is 11.3 Å². The third-order valence-electron chi connectivity index (χ3n) is 2.75. The van der Waals surface area contributed by atoms with Crippen LogP contribution in [-0.4, -0.2) is 62.0 Å². The highest BCUT2D eigenvalue weighted by Crippen LogP contribution is 2.18. The highest BCUT2D eigenvalue weighted by molar-refractivity contribution is 5.68. The first-order chi connectivity index (χ1) is 11.6. The summed E-state index contributed by atoms with van der Waals surface area (Å²) >= 11 is 0. The van der Waals surface area contributed by atoms with Gasteiger partial charge in [-0.15, -0.1) is 0 Å². The quantitative estimate of drug-likeness (QED) is 0.404. The van der Waals surface area contributed by atoms with Crippen molar-refractivity contribution in [2.24, 2.45) is 0 Å². The minimum atomic E-state index is -1.53. The maximum Gasteiger partial charge on any atom is 0.304 e. The Labute approximate surface area is 144 Å². The Morgan fingerprint density at radius 1 is 0.840 bits per heavy atom. The van der Waals surface area contributed by atoms with E-state index in [1.165, 1.54) is 7.11 Å². The molecular weight excluding hydrogens is 338 g/mol. The molecule has 10 nitrogen and oxygen atoms in total. The van der Waals surface area contributed by atoms with E-state index in [4.69, 9.17) is 23.7 Å². The monoisotopic (exact) mass is 359 g/mol. The van der Waals surface area contributed by atoms with E-state index in [1.54, 1.807) is 6.07 Å². The molecular formula is C15H21NO9. The van der Waals surface area contributed by atoms with Crippen molar-refractivity contribution < 1.29 is 42.9 Å². The molecule has 0 saturated heterocycles. The molecule has 0 spiro atoms. The fourth-order valence-electron chi connectivity index (χ4n) is 1.94. The zero-order chi connectivity index (χ0) is 19.6. The molecule has 0 aliphatic heterocycles. The van der Waals surface area contributed by atoms with Crippen LogP contribution in [0.1, 0.15) is 27.7 Å². The number of esters is 4. The number of ether oxygens (including phenoxy) is 5. The van der Waals surface area contributed by atoms with E-state index in [1.807, 2.05) is 0 Å². The van der Waals surface area contributed by atoms with Gasteiger partial charge in [0, 0.05) is 34.8 Å². The lowest BCUT2D eigenvalue weighted by Crippen LogP contribution is -2.51. The van der Waals surface area contributed by atoms with Gasteiger partial charge >= 0.3 is 23.9 Å². The predicted octanol–water partition coefficient (Wildman–Crippen LogP) is -0.117. The summed E-state index contributed by atoms with van der Waals surface area (Å²) < 4.78 is 24.9. The Balaban J connectivity index is 5.67. The van der Waals surface area contributed by atoms with Gasteiger partial charge in [-0.3, -0.25) is 19.2 Å². The van der Waals surface area contributed by atoms with Crippen molar-refractivity contribution >= 4 is 23.9 Å². The molecule has 0 rings (SSSR count). The summed E-state index contributed by atoms with van der Waals surface area (Å²) in [5.74, 6) is -2.94. The van der Waals surface area contributed by atoms with Gasteiger partial charge in [-0.25, -0.2) is 0 Å². The van der Waals surface area contributed by atoms with Gasteiger partial charge in [0.25, 0.3) is 0 Å². The molecule has 0 aliphatic rings. The van der Waals surface area contributed by atoms with Crippen LogP contribution < -0.4 is 0 Å². The molecule has 0 aromatic heterocycles. The van der Waals surface area contributed by atoms with Gasteiger partial charge in [-0.2, -0.15) is 5.26 Å². The van der Waals surface area contributed by atoms with Gasteiger partial charge in [0.15, 0.2) is 12.2 Å². The second-order valence-corrected chi connectivity index (χ2v) is 4.88. The SMILES string of the molecule is CO[C@@H]([C@@H](OC(C)=O)[C@H](C#N)OC(C)=O)[C@@H](COC(C)=O)OC(C)=O. The maximum atomic E-state index is 11.4. The number of nitrogens with zero attached hydrogens (tertiary/aromatic N) is 1. The molecule has 0 aliphatic carbocycles. The van der Waals surface area contributed by atoms with Crippen LogP contribution in [0.25, 0.3) is 0 Å². The average molecular weight is 359 g/mol. The molecule has 10 heteroatoms. The Morgan fingerprint density at radius 3 is 1.72 bits per heavy atom. The molecule has 0 aromatic carbocycles. The second-order valence-electron chi connectivity index (χ2n) is 4.88. The van der Waals surface area contributed by atoms with E-state index in [-0.39, 0.29) is 0 Å². The average Bonchev–Trinajstić information content (AvgIpc) is 2.48. The summed E-state index contributed by atoms with van der Waals surface area (Å²) in [6.07, 6.45) is -5.39. The minimum absolute atomic E-state index is 0.413. The smallest absolute Gasteiger partial charge is 0.304 e. The van der Waals surface area contributed by atoms with E-state index in [9.17, 15) is 24.4 Å². The second kappa shape index (κ2) is 11.0. The molecule has 0 N–H and O–H groups in total. The number of hydrogen-bond donors (Lipinski definition) is 0. The third kappa shape index (κ3) is 8.66. The maximum absolute atomic E-state index is 11.4. The standard InChI is InChI=1S/C15H21NO9/c1-8(17)22-7-13(24-10(3)19)14(21-5)15(25-11(4)20)12(6-16)23-9(2)18/h12-15H,7H2,1-5H3/t12-,13+,14+,15-/m0/s1. The first-order valence-electron chi connectivity index (χ1n) is 7.19. The van der Waals surface area contributed by atoms with Gasteiger partial charge in [-0.05, 0) is 0 Å². The van der Waals surface area contributed by atoms with E-state index < -0.39 is 54.9 Å². The van der Waals surface area contributed by atoms with Gasteiger partial charge in [-0.1, -0.05) is 0 Å². The summed E-state index contributed by atoms with van der Waals surface area (Å²) in [5, 5.41) is 9.22. The van der Waals surface area contributed by atoms with Crippen molar-refractivity contribution in [3.05, 3.63) is 0 Å². The molecule has 4 atom stereocenters. The molecule has 0 bridgehead atoms. The highest BCUT2D eigenvalue weighted by atomic mass is 16.6. The number of nitriles is 1. The molecule has 0 saturated carbocycles. The van der Waals surface area contributed by atoms with Crippen LogP contribution in [0.4, 0.5) is 0 Å². The van der Waals surface area contributed by atoms with E-state index in [0.717, 1.165) is 27.7 Å². The van der Waals surface area contributed by atoms with Crippen molar-refractivity contribution in [3.8, 4) is 6.07 Å². The fraction of sp³-hybridized carbons (Fsp3) is 0.667. The van der Waals surface area contributed by atoms with Crippen LogP contribution in [0.15, 0.2) is 0 Å². The zero-order valence-electron chi connectivity index (χ0n) is 14.6. The largest absolute Gasteiger partial charge is 0.462 e. The van der Waals surface area contributed by atoms with Crippen molar-refractivity contribution in [1.29, 1.82) is 5.26 Å². The van der Waals surface area contributed by atoms with Crippen LogP contribution >= 0.6 is 0 Å². The normalized spacial score (nSPS) is 14.9. The van der Waals surface area contributed by atoms with E-state index in [0.29, 0.717) is 0 Å². The summed E-state index contributed by atoms with van der Waals surface area (Å²) in [6, 6.07) is 1.68. The van der Waals surface area contributed by atoms with E-state index >= 15 is 0 Å². The summed E-state index contributed by atoms with van der Waals surface area (Å²) in [5.41, 5.74) is 0. The lowest BCUT2D eigenvalue weighted by molar-refractivity contribution is -0.191. The van der Waals surface area contributed by atoms with Gasteiger partial charge in [0.1, 0.15) is 18.8 Å². The summed E-state index contributed by atoms with van der Waals surface area (Å²) in [7, 11) is 1.20. The number of carbonyl (C=O) groups excluding carboxylic acids is 4. The molecule has 0 amide bonds. The van der Waals surface area contributed by atoms with Crippen molar-refractivity contribution in [1.82, 2.24) is 0 Å². The van der Waals surface area contributed by atoms with Crippen molar-refractivity contribution in [2.45, 2.75) is 52.1 Å². The van der Waals surface area contributed by atoms with E-state index in [2.05, 4.69) is 0 Å². The summed E-state index contributed by atoms with van der Waals surface area (Å²) in [6.45, 7) is 3.99. The van der Waals surface area contributed by atoms with Crippen LogP contribution in [0.3, 0.4) is 0 Å². The Bertz CT molecular complexity index is 540. The van der Waals surface area contributed by atoms with Crippen molar-refractivity contribution in [2.75, 3.05) is 13.7 Å². The minimum Gasteiger partial charge on any atom is -0.462 e. The van der Waals surface area contributed by atoms with Crippen molar-refractivity contribution in [3.63, 3.8) is 0 Å². The summed E-state index contributed by atoms with van der Waals surface area (Å²) in [4.78, 5) is 44.9. The van der Waals surface area contributed by atoms with Gasteiger partial charge in [0.05, 0.1) is 0 Å². The first kappa shape index (κ1) is 22.3. The Hall–Kier alpha value is -2.67. The number of rotatable bonds is 9. The van der Waals surface area contributed by atoms with Crippen LogP contribution in [-0.2, 0) is 42.9 Å². The fourth-order valence-corrected chi connectivity index (χ4v) is 1.94. The van der Waals surface area contributed by atoms with Crippen LogP contribution in [0.2, 0.25) is 0 Å². The molecule has 0 heterocycles. The number of hydrogen-bond acceptors (Lipinski definition) is 10. The Morgan fingerprint density at radius 2 is 1.36 bits per heavy atom. The Kier molecular flexibility index (Phi) is 9.81. The lowest BCUT2D eigenvalue weighted by atomic mass is 10.0. The highest BCUT2D eigenvalue weighted by Gasteiger charge is 2.42. The van der Waals surface area contributed by atoms with Gasteiger partial charge < -0.3 is 23.7 Å². The number of carbonyl (C=O) groups is 4. The van der Waals surface area contributed by atoms with Gasteiger partial charge in [0.2, 0.25) is 6.10 Å². The molecule has 25 heavy (non-hydrogen) atoms. The zero-order valence-corrected chi connectivity index (χ0v) is 14.6. The number of methoxy groups -OCH3 is 1. The molecule has 0 fully saturated rings. The molecule has 0 radical (unpaired) electrons. The third-order valence-corrected chi connectivity index (χ3v) is 2.75. The topological polar surface area (TPSA) is 138 Å². The first-order valence-corrected chi connectivity index (χ1v) is 7.19. The molecule has 140 valence electrons.